The van der Waals surface area contributed by atoms with E-state index in [1.54, 1.807) is 11.5 Å². The van der Waals surface area contributed by atoms with Crippen LogP contribution in [0.15, 0.2) is 35.4 Å². The summed E-state index contributed by atoms with van der Waals surface area (Å²) in [5.74, 6) is 0.649. The highest BCUT2D eigenvalue weighted by Gasteiger charge is 2.12. The van der Waals surface area contributed by atoms with E-state index in [0.29, 0.717) is 11.5 Å². The van der Waals surface area contributed by atoms with Gasteiger partial charge >= 0.3 is 6.09 Å². The zero-order valence-electron chi connectivity index (χ0n) is 11.7. The van der Waals surface area contributed by atoms with Gasteiger partial charge in [-0.3, -0.25) is 9.36 Å². The fourth-order valence-electron chi connectivity index (χ4n) is 2.26. The topological polar surface area (TPSA) is 113 Å². The van der Waals surface area contributed by atoms with Crippen LogP contribution < -0.4 is 10.9 Å². The first-order valence-corrected chi connectivity index (χ1v) is 6.55. The van der Waals surface area contributed by atoms with Crippen molar-refractivity contribution in [3.63, 3.8) is 0 Å². The van der Waals surface area contributed by atoms with Gasteiger partial charge < -0.3 is 15.4 Å². The van der Waals surface area contributed by atoms with Gasteiger partial charge in [0.1, 0.15) is 5.82 Å². The molecule has 2 aromatic heterocycles. The first-order valence-electron chi connectivity index (χ1n) is 6.55. The Kier molecular flexibility index (Phi) is 3.34. The van der Waals surface area contributed by atoms with E-state index in [1.165, 1.54) is 6.33 Å². The fraction of sp³-hybridized carbons (Fsp3) is 0.143. The average molecular weight is 299 g/mol. The third kappa shape index (κ3) is 2.41. The molecule has 0 aliphatic carbocycles. The normalized spacial score (nSPS) is 10.8. The van der Waals surface area contributed by atoms with Crippen LogP contribution in [0.2, 0.25) is 0 Å². The molecule has 2 heterocycles. The second-order valence-corrected chi connectivity index (χ2v) is 4.72. The Bertz CT molecular complexity index is 895. The van der Waals surface area contributed by atoms with Crippen molar-refractivity contribution < 1.29 is 9.90 Å². The number of aromatic amines is 1. The van der Waals surface area contributed by atoms with E-state index in [4.69, 9.17) is 5.11 Å². The maximum Gasteiger partial charge on any atom is 0.404 e. The van der Waals surface area contributed by atoms with Crippen LogP contribution in [0.4, 0.5) is 4.79 Å². The monoisotopic (exact) mass is 299 g/mol. The molecule has 0 fully saturated rings. The summed E-state index contributed by atoms with van der Waals surface area (Å²) < 4.78 is 1.78. The highest BCUT2D eigenvalue weighted by atomic mass is 16.4. The number of rotatable bonds is 3. The van der Waals surface area contributed by atoms with Crippen LogP contribution >= 0.6 is 0 Å². The van der Waals surface area contributed by atoms with E-state index in [9.17, 15) is 9.59 Å². The molecule has 22 heavy (non-hydrogen) atoms. The number of H-pyrrole nitrogens is 1. The quantitative estimate of drug-likeness (QED) is 0.672. The highest BCUT2D eigenvalue weighted by Crippen LogP contribution is 2.17. The van der Waals surface area contributed by atoms with Crippen LogP contribution in [0.25, 0.3) is 16.9 Å². The van der Waals surface area contributed by atoms with E-state index in [-0.39, 0.29) is 17.6 Å². The van der Waals surface area contributed by atoms with E-state index in [1.807, 2.05) is 24.3 Å². The van der Waals surface area contributed by atoms with Crippen molar-refractivity contribution in [3.05, 3.63) is 52.3 Å². The van der Waals surface area contributed by atoms with E-state index in [2.05, 4.69) is 20.3 Å². The maximum absolute atomic E-state index is 11.7. The van der Waals surface area contributed by atoms with Crippen molar-refractivity contribution in [1.82, 2.24) is 24.8 Å². The number of nitrogens with zero attached hydrogens (tertiary/aromatic N) is 3. The first-order chi connectivity index (χ1) is 10.6. The van der Waals surface area contributed by atoms with Gasteiger partial charge in [-0.1, -0.05) is 12.1 Å². The summed E-state index contributed by atoms with van der Waals surface area (Å²) in [6.45, 7) is 2.03. The Balaban J connectivity index is 2.01. The lowest BCUT2D eigenvalue weighted by Gasteiger charge is -2.07. The van der Waals surface area contributed by atoms with Crippen molar-refractivity contribution in [1.29, 1.82) is 0 Å². The Hall–Kier alpha value is -3.16. The lowest BCUT2D eigenvalue weighted by molar-refractivity contribution is 0.194. The number of hydrogen-bond acceptors (Lipinski definition) is 4. The van der Waals surface area contributed by atoms with Crippen molar-refractivity contribution in [2.24, 2.45) is 0 Å². The lowest BCUT2D eigenvalue weighted by Crippen LogP contribution is -2.19. The minimum atomic E-state index is -1.07. The van der Waals surface area contributed by atoms with Gasteiger partial charge in [-0.05, 0) is 24.6 Å². The van der Waals surface area contributed by atoms with Crippen molar-refractivity contribution in [3.8, 4) is 5.69 Å². The Labute approximate surface area is 124 Å². The molecule has 0 spiro atoms. The molecule has 0 atom stereocenters. The van der Waals surface area contributed by atoms with Crippen molar-refractivity contribution >= 4 is 17.3 Å². The molecular formula is C14H13N5O3. The molecule has 0 bridgehead atoms. The molecular weight excluding hydrogens is 286 g/mol. The lowest BCUT2D eigenvalue weighted by atomic mass is 10.2. The molecule has 3 rings (SSSR count). The minimum Gasteiger partial charge on any atom is -0.465 e. The maximum atomic E-state index is 11.7. The van der Waals surface area contributed by atoms with Gasteiger partial charge in [0.25, 0.3) is 5.56 Å². The fourth-order valence-corrected chi connectivity index (χ4v) is 2.26. The van der Waals surface area contributed by atoms with Crippen LogP contribution in [0, 0.1) is 6.92 Å². The number of amides is 1. The second-order valence-electron chi connectivity index (χ2n) is 4.72. The zero-order chi connectivity index (χ0) is 15.7. The van der Waals surface area contributed by atoms with Crippen LogP contribution in [0.5, 0.6) is 0 Å². The number of carboxylic acid groups (broad SMARTS) is 1. The molecule has 8 heteroatoms. The van der Waals surface area contributed by atoms with Crippen LogP contribution in [0.3, 0.4) is 0 Å². The Morgan fingerprint density at radius 2 is 2.09 bits per heavy atom. The largest absolute Gasteiger partial charge is 0.465 e. The second kappa shape index (κ2) is 5.32. The number of imidazole rings is 1. The van der Waals surface area contributed by atoms with E-state index < -0.39 is 6.09 Å². The van der Waals surface area contributed by atoms with Crippen LogP contribution in [0.1, 0.15) is 11.4 Å². The molecule has 0 aliphatic heterocycles. The third-order valence-electron chi connectivity index (χ3n) is 3.26. The highest BCUT2D eigenvalue weighted by molar-refractivity contribution is 5.72. The van der Waals surface area contributed by atoms with Crippen LogP contribution in [-0.2, 0) is 6.54 Å². The predicted octanol–water partition coefficient (Wildman–Crippen LogP) is 1.18. The summed E-state index contributed by atoms with van der Waals surface area (Å²) in [6.07, 6.45) is 0.275. The number of aryl methyl sites for hydroxylation is 1. The number of nitrogens with one attached hydrogen (secondary N) is 2. The number of hydrogen-bond donors (Lipinski definition) is 3. The molecule has 8 nitrogen and oxygen atoms in total. The number of benzene rings is 1. The molecule has 112 valence electrons. The number of aromatic nitrogens is 4. The van der Waals surface area contributed by atoms with Crippen LogP contribution in [-0.4, -0.2) is 30.7 Å². The van der Waals surface area contributed by atoms with Gasteiger partial charge in [0.05, 0.1) is 6.33 Å². The van der Waals surface area contributed by atoms with Gasteiger partial charge in [-0.15, -0.1) is 0 Å². The summed E-state index contributed by atoms with van der Waals surface area (Å²) in [5, 5.41) is 10.9. The summed E-state index contributed by atoms with van der Waals surface area (Å²) >= 11 is 0. The summed E-state index contributed by atoms with van der Waals surface area (Å²) in [6, 6.07) is 7.28. The molecule has 0 radical (unpaired) electrons. The van der Waals surface area contributed by atoms with Crippen molar-refractivity contribution in [2.75, 3.05) is 0 Å². The Morgan fingerprint density at radius 3 is 2.77 bits per heavy atom. The molecule has 3 N–H and O–H groups in total. The van der Waals surface area contributed by atoms with Crippen molar-refractivity contribution in [2.45, 2.75) is 13.5 Å². The SMILES string of the molecule is Cc1nc2c(=O)[nH]cnc2n1-c1ccc(CNC(=O)O)cc1. The van der Waals surface area contributed by atoms with E-state index in [0.717, 1.165) is 11.3 Å². The molecule has 0 unspecified atom stereocenters. The zero-order valence-corrected chi connectivity index (χ0v) is 11.7. The standard InChI is InChI=1S/C14H13N5O3/c1-8-18-11-12(16-7-17-13(11)20)19(8)10-4-2-9(3-5-10)6-15-14(21)22/h2-5,7,15H,6H2,1H3,(H,21,22)(H,16,17,20). The molecule has 3 aromatic rings. The molecule has 0 aliphatic rings. The predicted molar refractivity (Wildman–Crippen MR) is 79.1 cm³/mol. The molecule has 1 aromatic carbocycles. The summed E-state index contributed by atoms with van der Waals surface area (Å²) in [4.78, 5) is 33.1. The molecule has 1 amide bonds. The summed E-state index contributed by atoms with van der Waals surface area (Å²) in [5.41, 5.74) is 2.12. The number of carbonyl (C=O) groups is 1. The third-order valence-corrected chi connectivity index (χ3v) is 3.26. The van der Waals surface area contributed by atoms with Gasteiger partial charge in [-0.25, -0.2) is 14.8 Å². The van der Waals surface area contributed by atoms with Gasteiger partial charge in [0.2, 0.25) is 0 Å². The Morgan fingerprint density at radius 1 is 1.36 bits per heavy atom. The van der Waals surface area contributed by atoms with Gasteiger partial charge in [-0.2, -0.15) is 0 Å². The minimum absolute atomic E-state index is 0.233. The smallest absolute Gasteiger partial charge is 0.404 e. The number of fused-ring (bicyclic) bond motifs is 1. The van der Waals surface area contributed by atoms with Gasteiger partial charge in [0, 0.05) is 12.2 Å². The average Bonchev–Trinajstić information content (AvgIpc) is 2.83. The summed E-state index contributed by atoms with van der Waals surface area (Å²) in [7, 11) is 0. The van der Waals surface area contributed by atoms with E-state index >= 15 is 0 Å². The van der Waals surface area contributed by atoms with Gasteiger partial charge in [0.15, 0.2) is 11.2 Å². The molecule has 0 saturated heterocycles. The molecule has 0 saturated carbocycles. The first kappa shape index (κ1) is 13.8.